The van der Waals surface area contributed by atoms with Gasteiger partial charge in [-0.25, -0.2) is 4.39 Å². The Hall–Kier alpha value is -2.64. The molecule has 1 heterocycles. The van der Waals surface area contributed by atoms with Crippen LogP contribution in [0.5, 0.6) is 0 Å². The zero-order valence-corrected chi connectivity index (χ0v) is 16.2. The molecule has 0 saturated carbocycles. The number of hydrogen-bond acceptors (Lipinski definition) is 4. The fourth-order valence-electron chi connectivity index (χ4n) is 2.63. The van der Waals surface area contributed by atoms with Gasteiger partial charge in [0.05, 0.1) is 11.3 Å². The summed E-state index contributed by atoms with van der Waals surface area (Å²) in [7, 11) is 0. The van der Waals surface area contributed by atoms with E-state index in [9.17, 15) is 18.8 Å². The summed E-state index contributed by atoms with van der Waals surface area (Å²) >= 11 is 6.64. The zero-order valence-electron chi connectivity index (χ0n) is 14.7. The summed E-state index contributed by atoms with van der Waals surface area (Å²) < 4.78 is 13.7. The smallest absolute Gasteiger partial charge is 0.293 e. The van der Waals surface area contributed by atoms with E-state index in [2.05, 4.69) is 5.32 Å². The van der Waals surface area contributed by atoms with E-state index in [0.29, 0.717) is 5.02 Å². The van der Waals surface area contributed by atoms with Crippen LogP contribution in [0.4, 0.5) is 9.18 Å². The first-order valence-corrected chi connectivity index (χ1v) is 9.64. The fourth-order valence-corrected chi connectivity index (χ4v) is 3.70. The third-order valence-electron chi connectivity index (χ3n) is 3.98. The Morgan fingerprint density at radius 2 is 1.96 bits per heavy atom. The number of hydrogen-bond donors (Lipinski definition) is 1. The molecule has 28 heavy (non-hydrogen) atoms. The molecule has 0 atom stereocenters. The van der Waals surface area contributed by atoms with Gasteiger partial charge in [0.25, 0.3) is 11.1 Å². The minimum atomic E-state index is -0.498. The number of carbonyl (C=O) groups excluding carboxylic acids is 3. The summed E-state index contributed by atoms with van der Waals surface area (Å²) in [4.78, 5) is 37.7. The van der Waals surface area contributed by atoms with Gasteiger partial charge in [-0.2, -0.15) is 0 Å². The van der Waals surface area contributed by atoms with Crippen molar-refractivity contribution in [2.24, 2.45) is 0 Å². The van der Waals surface area contributed by atoms with Gasteiger partial charge in [0, 0.05) is 23.7 Å². The van der Waals surface area contributed by atoms with Gasteiger partial charge in [0.1, 0.15) is 5.82 Å². The first-order chi connectivity index (χ1) is 13.4. The molecule has 1 saturated heterocycles. The van der Waals surface area contributed by atoms with Crippen LogP contribution in [-0.2, 0) is 16.0 Å². The molecule has 1 aliphatic rings. The third-order valence-corrected chi connectivity index (χ3v) is 5.12. The Morgan fingerprint density at radius 3 is 2.71 bits per heavy atom. The summed E-state index contributed by atoms with van der Waals surface area (Å²) in [5.74, 6) is -1.21. The number of rotatable bonds is 6. The second-order valence-corrected chi connectivity index (χ2v) is 7.44. The van der Waals surface area contributed by atoms with E-state index in [4.69, 9.17) is 11.6 Å². The zero-order chi connectivity index (χ0) is 20.1. The lowest BCUT2D eigenvalue weighted by Gasteiger charge is -2.13. The van der Waals surface area contributed by atoms with Gasteiger partial charge in [-0.3, -0.25) is 19.3 Å². The minimum absolute atomic E-state index is 0.0422. The van der Waals surface area contributed by atoms with Crippen LogP contribution < -0.4 is 5.32 Å². The highest BCUT2D eigenvalue weighted by Gasteiger charge is 2.34. The molecular formula is C20H16ClFN2O3S. The molecular weight excluding hydrogens is 403 g/mol. The first-order valence-electron chi connectivity index (χ1n) is 8.45. The molecule has 1 fully saturated rings. The summed E-state index contributed by atoms with van der Waals surface area (Å²) in [6.45, 7) is 0.172. The average Bonchev–Trinajstić information content (AvgIpc) is 2.91. The minimum Gasteiger partial charge on any atom is -0.354 e. The second kappa shape index (κ2) is 9.03. The molecule has 5 nitrogen and oxygen atoms in total. The van der Waals surface area contributed by atoms with Crippen molar-refractivity contribution in [3.63, 3.8) is 0 Å². The van der Waals surface area contributed by atoms with Crippen molar-refractivity contribution >= 4 is 46.5 Å². The Labute approximate surface area is 170 Å². The number of halogens is 2. The molecule has 2 aromatic carbocycles. The first kappa shape index (κ1) is 20.1. The van der Waals surface area contributed by atoms with Crippen molar-refractivity contribution < 1.29 is 18.8 Å². The Kier molecular flexibility index (Phi) is 6.49. The number of benzene rings is 2. The van der Waals surface area contributed by atoms with Crippen molar-refractivity contribution in [1.82, 2.24) is 10.2 Å². The lowest BCUT2D eigenvalue weighted by atomic mass is 10.1. The number of thioether (sulfide) groups is 1. The molecule has 3 amide bonds. The molecule has 0 unspecified atom stereocenters. The number of amides is 3. The van der Waals surface area contributed by atoms with E-state index < -0.39 is 17.0 Å². The molecule has 0 bridgehead atoms. The predicted octanol–water partition coefficient (Wildman–Crippen LogP) is 3.87. The Balaban J connectivity index is 1.55. The topological polar surface area (TPSA) is 66.5 Å². The maximum Gasteiger partial charge on any atom is 0.293 e. The van der Waals surface area contributed by atoms with Crippen LogP contribution in [-0.4, -0.2) is 35.0 Å². The Morgan fingerprint density at radius 1 is 1.18 bits per heavy atom. The molecule has 0 radical (unpaired) electrons. The molecule has 0 spiro atoms. The van der Waals surface area contributed by atoms with E-state index in [1.54, 1.807) is 36.4 Å². The summed E-state index contributed by atoms with van der Waals surface area (Å²) in [6.07, 6.45) is 1.51. The quantitative estimate of drug-likeness (QED) is 0.723. The highest BCUT2D eigenvalue weighted by molar-refractivity contribution is 8.18. The number of imide groups is 1. The second-order valence-electron chi connectivity index (χ2n) is 6.01. The van der Waals surface area contributed by atoms with Crippen LogP contribution >= 0.6 is 23.4 Å². The largest absolute Gasteiger partial charge is 0.354 e. The fraction of sp³-hybridized carbons (Fsp3) is 0.150. The standard InChI is InChI=1S/C20H16ClFN2O3S/c21-15-6-3-4-13(10-15)11-18(25)23-8-9-24-19(26)17(28-20(24)27)12-14-5-1-2-7-16(14)22/h1-7,10,12H,8-9,11H2,(H,23,25)/b17-12-. The molecule has 144 valence electrons. The Bertz CT molecular complexity index is 964. The highest BCUT2D eigenvalue weighted by Crippen LogP contribution is 2.32. The summed E-state index contributed by atoms with van der Waals surface area (Å²) in [5.41, 5.74) is 1.01. The maximum absolute atomic E-state index is 13.7. The van der Waals surface area contributed by atoms with E-state index in [1.807, 2.05) is 0 Å². The SMILES string of the molecule is O=C(Cc1cccc(Cl)c1)NCCN1C(=O)S/C(=C\c2ccccc2F)C1=O. The van der Waals surface area contributed by atoms with Crippen LogP contribution in [0.3, 0.4) is 0 Å². The van der Waals surface area contributed by atoms with Crippen LogP contribution in [0.25, 0.3) is 6.08 Å². The van der Waals surface area contributed by atoms with Crippen molar-refractivity contribution in [2.45, 2.75) is 6.42 Å². The summed E-state index contributed by atoms with van der Waals surface area (Å²) in [5, 5.41) is 2.77. The van der Waals surface area contributed by atoms with Crippen molar-refractivity contribution in [3.8, 4) is 0 Å². The maximum atomic E-state index is 13.7. The molecule has 1 aliphatic heterocycles. The van der Waals surface area contributed by atoms with Crippen LogP contribution in [0.15, 0.2) is 53.4 Å². The number of nitrogens with zero attached hydrogens (tertiary/aromatic N) is 1. The predicted molar refractivity (Wildman–Crippen MR) is 107 cm³/mol. The van der Waals surface area contributed by atoms with Crippen molar-refractivity contribution in [1.29, 1.82) is 0 Å². The molecule has 3 rings (SSSR count). The van der Waals surface area contributed by atoms with Crippen molar-refractivity contribution in [2.75, 3.05) is 13.1 Å². The number of carbonyl (C=O) groups is 3. The van der Waals surface area contributed by atoms with E-state index in [1.165, 1.54) is 18.2 Å². The third kappa shape index (κ3) is 4.99. The van der Waals surface area contributed by atoms with Gasteiger partial charge in [0.2, 0.25) is 5.91 Å². The van der Waals surface area contributed by atoms with Gasteiger partial charge in [0.15, 0.2) is 0 Å². The van der Waals surface area contributed by atoms with Crippen LogP contribution in [0.2, 0.25) is 5.02 Å². The van der Waals surface area contributed by atoms with Crippen LogP contribution in [0, 0.1) is 5.82 Å². The van der Waals surface area contributed by atoms with Gasteiger partial charge in [-0.15, -0.1) is 0 Å². The molecule has 0 aromatic heterocycles. The van der Waals surface area contributed by atoms with E-state index in [-0.39, 0.29) is 35.9 Å². The van der Waals surface area contributed by atoms with Gasteiger partial charge in [-0.05, 0) is 41.6 Å². The van der Waals surface area contributed by atoms with E-state index >= 15 is 0 Å². The van der Waals surface area contributed by atoms with Crippen molar-refractivity contribution in [3.05, 3.63) is 75.4 Å². The lowest BCUT2D eigenvalue weighted by molar-refractivity contribution is -0.124. The highest BCUT2D eigenvalue weighted by atomic mass is 35.5. The molecule has 1 N–H and O–H groups in total. The molecule has 8 heteroatoms. The number of nitrogens with one attached hydrogen (secondary N) is 1. The average molecular weight is 419 g/mol. The lowest BCUT2D eigenvalue weighted by Crippen LogP contribution is -2.37. The van der Waals surface area contributed by atoms with Crippen LogP contribution in [0.1, 0.15) is 11.1 Å². The van der Waals surface area contributed by atoms with Gasteiger partial charge in [-0.1, -0.05) is 41.9 Å². The summed E-state index contributed by atoms with van der Waals surface area (Å²) in [6, 6.07) is 13.0. The van der Waals surface area contributed by atoms with E-state index in [0.717, 1.165) is 22.2 Å². The molecule has 2 aromatic rings. The molecule has 0 aliphatic carbocycles. The van der Waals surface area contributed by atoms with Gasteiger partial charge >= 0.3 is 0 Å². The monoisotopic (exact) mass is 418 g/mol. The normalized spacial score (nSPS) is 15.4. The van der Waals surface area contributed by atoms with Gasteiger partial charge < -0.3 is 5.32 Å².